The second-order valence-corrected chi connectivity index (χ2v) is 4.47. The number of piperidine rings is 1. The summed E-state index contributed by atoms with van der Waals surface area (Å²) in [5.41, 5.74) is 0.0939. The molecule has 0 aliphatic carbocycles. The molecule has 0 unspecified atom stereocenters. The van der Waals surface area contributed by atoms with Crippen molar-refractivity contribution in [2.75, 3.05) is 25.0 Å². The third-order valence-corrected chi connectivity index (χ3v) is 2.88. The molecule has 0 saturated carbocycles. The highest BCUT2D eigenvalue weighted by molar-refractivity contribution is 5.91. The summed E-state index contributed by atoms with van der Waals surface area (Å²) in [5.74, 6) is -1.87. The van der Waals surface area contributed by atoms with Gasteiger partial charge in [-0.2, -0.15) is 0 Å². The zero-order valence-electron chi connectivity index (χ0n) is 10.4. The van der Waals surface area contributed by atoms with Gasteiger partial charge in [0.15, 0.2) is 0 Å². The van der Waals surface area contributed by atoms with E-state index < -0.39 is 17.5 Å². The number of hydrogen-bond acceptors (Lipinski definition) is 3. The SMILES string of the molecule is O=C(COC1CCNCC1)Nc1cc(F)cc(F)c1. The molecule has 6 heteroatoms. The van der Waals surface area contributed by atoms with Crippen molar-refractivity contribution in [1.82, 2.24) is 5.32 Å². The van der Waals surface area contributed by atoms with Crippen molar-refractivity contribution in [2.24, 2.45) is 0 Å². The van der Waals surface area contributed by atoms with E-state index in [-0.39, 0.29) is 18.4 Å². The molecule has 1 aliphatic rings. The largest absolute Gasteiger partial charge is 0.368 e. The Balaban J connectivity index is 1.80. The fourth-order valence-electron chi connectivity index (χ4n) is 1.98. The lowest BCUT2D eigenvalue weighted by atomic mass is 10.1. The Bertz CT molecular complexity index is 428. The van der Waals surface area contributed by atoms with Crippen LogP contribution >= 0.6 is 0 Å². The molecule has 1 amide bonds. The minimum atomic E-state index is -0.727. The maximum absolute atomic E-state index is 12.9. The number of benzene rings is 1. The molecule has 0 aromatic heterocycles. The van der Waals surface area contributed by atoms with Crippen LogP contribution in [0.5, 0.6) is 0 Å². The molecule has 1 heterocycles. The first kappa shape index (κ1) is 13.9. The summed E-state index contributed by atoms with van der Waals surface area (Å²) < 4.78 is 31.3. The number of carbonyl (C=O) groups excluding carboxylic acids is 1. The standard InChI is InChI=1S/C13H16F2N2O2/c14-9-5-10(15)7-11(6-9)17-13(18)8-19-12-1-3-16-4-2-12/h5-7,12,16H,1-4,8H2,(H,17,18). The molecule has 0 atom stereocenters. The fourth-order valence-corrected chi connectivity index (χ4v) is 1.98. The lowest BCUT2D eigenvalue weighted by Crippen LogP contribution is -2.34. The molecule has 0 spiro atoms. The van der Waals surface area contributed by atoms with E-state index in [0.717, 1.165) is 44.1 Å². The van der Waals surface area contributed by atoms with Gasteiger partial charge in [-0.15, -0.1) is 0 Å². The van der Waals surface area contributed by atoms with Gasteiger partial charge in [0, 0.05) is 11.8 Å². The molecule has 1 aromatic rings. The molecule has 1 saturated heterocycles. The quantitative estimate of drug-likeness (QED) is 0.875. The summed E-state index contributed by atoms with van der Waals surface area (Å²) in [6.07, 6.45) is 1.79. The Morgan fingerprint density at radius 2 is 1.89 bits per heavy atom. The van der Waals surface area contributed by atoms with Crippen LogP contribution in [0.25, 0.3) is 0 Å². The molecule has 1 aromatic carbocycles. The number of amides is 1. The highest BCUT2D eigenvalue weighted by atomic mass is 19.1. The Labute approximate surface area is 110 Å². The topological polar surface area (TPSA) is 50.4 Å². The van der Waals surface area contributed by atoms with Crippen LogP contribution in [0.1, 0.15) is 12.8 Å². The van der Waals surface area contributed by atoms with Crippen molar-refractivity contribution in [3.05, 3.63) is 29.8 Å². The van der Waals surface area contributed by atoms with Gasteiger partial charge in [-0.25, -0.2) is 8.78 Å². The lowest BCUT2D eigenvalue weighted by Gasteiger charge is -2.22. The average Bonchev–Trinajstić information content (AvgIpc) is 2.36. The second kappa shape index (κ2) is 6.58. The molecule has 104 valence electrons. The van der Waals surface area contributed by atoms with Crippen molar-refractivity contribution < 1.29 is 18.3 Å². The molecule has 4 nitrogen and oxygen atoms in total. The molecule has 0 bridgehead atoms. The molecule has 1 aliphatic heterocycles. The molecular formula is C13H16F2N2O2. The van der Waals surface area contributed by atoms with Crippen LogP contribution in [0.2, 0.25) is 0 Å². The summed E-state index contributed by atoms with van der Waals surface area (Å²) in [5, 5.41) is 5.59. The third kappa shape index (κ3) is 4.57. The molecule has 19 heavy (non-hydrogen) atoms. The van der Waals surface area contributed by atoms with Gasteiger partial charge in [0.05, 0.1) is 6.10 Å². The fraction of sp³-hybridized carbons (Fsp3) is 0.462. The van der Waals surface area contributed by atoms with Crippen molar-refractivity contribution in [3.63, 3.8) is 0 Å². The van der Waals surface area contributed by atoms with Gasteiger partial charge in [0.25, 0.3) is 0 Å². The Morgan fingerprint density at radius 3 is 2.53 bits per heavy atom. The van der Waals surface area contributed by atoms with Gasteiger partial charge in [-0.05, 0) is 38.1 Å². The number of anilines is 1. The Hall–Kier alpha value is -1.53. The minimum absolute atomic E-state index is 0.0660. The van der Waals surface area contributed by atoms with Crippen molar-refractivity contribution in [3.8, 4) is 0 Å². The van der Waals surface area contributed by atoms with Gasteiger partial charge in [-0.3, -0.25) is 4.79 Å². The van der Waals surface area contributed by atoms with Crippen LogP contribution in [0.4, 0.5) is 14.5 Å². The number of nitrogens with one attached hydrogen (secondary N) is 2. The molecule has 0 radical (unpaired) electrons. The zero-order chi connectivity index (χ0) is 13.7. The summed E-state index contributed by atoms with van der Waals surface area (Å²) >= 11 is 0. The predicted molar refractivity (Wildman–Crippen MR) is 66.8 cm³/mol. The van der Waals surface area contributed by atoms with E-state index in [2.05, 4.69) is 10.6 Å². The van der Waals surface area contributed by atoms with E-state index in [1.165, 1.54) is 0 Å². The van der Waals surface area contributed by atoms with Crippen LogP contribution in [-0.2, 0) is 9.53 Å². The van der Waals surface area contributed by atoms with E-state index in [1.54, 1.807) is 0 Å². The van der Waals surface area contributed by atoms with Crippen molar-refractivity contribution in [1.29, 1.82) is 0 Å². The Kier molecular flexibility index (Phi) is 4.81. The summed E-state index contributed by atoms with van der Waals surface area (Å²) in [4.78, 5) is 11.6. The van der Waals surface area contributed by atoms with Gasteiger partial charge < -0.3 is 15.4 Å². The number of hydrogen-bond donors (Lipinski definition) is 2. The van der Waals surface area contributed by atoms with Gasteiger partial charge >= 0.3 is 0 Å². The normalized spacial score (nSPS) is 16.3. The smallest absolute Gasteiger partial charge is 0.250 e. The first-order valence-electron chi connectivity index (χ1n) is 6.22. The van der Waals surface area contributed by atoms with E-state index >= 15 is 0 Å². The van der Waals surface area contributed by atoms with Crippen molar-refractivity contribution >= 4 is 11.6 Å². The molecule has 2 rings (SSSR count). The van der Waals surface area contributed by atoms with Crippen LogP contribution < -0.4 is 10.6 Å². The molecular weight excluding hydrogens is 254 g/mol. The van der Waals surface area contributed by atoms with E-state index in [9.17, 15) is 13.6 Å². The second-order valence-electron chi connectivity index (χ2n) is 4.47. The van der Waals surface area contributed by atoms with Gasteiger partial charge in [0.1, 0.15) is 18.2 Å². The van der Waals surface area contributed by atoms with Crippen LogP contribution in [0, 0.1) is 11.6 Å². The van der Waals surface area contributed by atoms with Crippen LogP contribution in [-0.4, -0.2) is 31.7 Å². The third-order valence-electron chi connectivity index (χ3n) is 2.88. The first-order valence-corrected chi connectivity index (χ1v) is 6.22. The van der Waals surface area contributed by atoms with Gasteiger partial charge in [0.2, 0.25) is 5.91 Å². The Morgan fingerprint density at radius 1 is 1.26 bits per heavy atom. The average molecular weight is 270 g/mol. The number of halogens is 2. The van der Waals surface area contributed by atoms with Crippen LogP contribution in [0.3, 0.4) is 0 Å². The first-order chi connectivity index (χ1) is 9.13. The highest BCUT2D eigenvalue weighted by Gasteiger charge is 2.15. The molecule has 2 N–H and O–H groups in total. The lowest BCUT2D eigenvalue weighted by molar-refractivity contribution is -0.123. The van der Waals surface area contributed by atoms with Gasteiger partial charge in [-0.1, -0.05) is 0 Å². The number of carbonyl (C=O) groups is 1. The summed E-state index contributed by atoms with van der Waals surface area (Å²) in [6.45, 7) is 1.64. The van der Waals surface area contributed by atoms with E-state index in [0.29, 0.717) is 0 Å². The zero-order valence-corrected chi connectivity index (χ0v) is 10.4. The number of ether oxygens (including phenoxy) is 1. The summed E-state index contributed by atoms with van der Waals surface area (Å²) in [6, 6.07) is 2.87. The predicted octanol–water partition coefficient (Wildman–Crippen LogP) is 1.67. The minimum Gasteiger partial charge on any atom is -0.368 e. The van der Waals surface area contributed by atoms with E-state index in [1.807, 2.05) is 0 Å². The monoisotopic (exact) mass is 270 g/mol. The molecule has 1 fully saturated rings. The van der Waals surface area contributed by atoms with Crippen molar-refractivity contribution in [2.45, 2.75) is 18.9 Å². The number of rotatable bonds is 4. The van der Waals surface area contributed by atoms with Crippen LogP contribution in [0.15, 0.2) is 18.2 Å². The maximum Gasteiger partial charge on any atom is 0.250 e. The van der Waals surface area contributed by atoms with E-state index in [4.69, 9.17) is 4.74 Å². The summed E-state index contributed by atoms with van der Waals surface area (Å²) in [7, 11) is 0. The highest BCUT2D eigenvalue weighted by Crippen LogP contribution is 2.13. The maximum atomic E-state index is 12.9.